The van der Waals surface area contributed by atoms with Crippen molar-refractivity contribution >= 4 is 11.8 Å². The Morgan fingerprint density at radius 3 is 2.90 bits per heavy atom. The van der Waals surface area contributed by atoms with E-state index in [1.165, 1.54) is 11.0 Å². The lowest BCUT2D eigenvalue weighted by Crippen LogP contribution is -2.52. The number of rotatable bonds is 4. The van der Waals surface area contributed by atoms with E-state index >= 15 is 0 Å². The third-order valence-corrected chi connectivity index (χ3v) is 3.48. The standard InChI is InChI=1S/C15H19FN2O2/c1-2-3-8-13(19)18-10-9-17-15(20)14(18)11-6-4-5-7-12(11)16/h4-7,14H,2-3,8-10H2,1H3,(H,17,20). The van der Waals surface area contributed by atoms with Gasteiger partial charge in [-0.1, -0.05) is 31.5 Å². The summed E-state index contributed by atoms with van der Waals surface area (Å²) >= 11 is 0. The number of nitrogens with zero attached hydrogens (tertiary/aromatic N) is 1. The molecule has 20 heavy (non-hydrogen) atoms. The van der Waals surface area contributed by atoms with E-state index in [-0.39, 0.29) is 17.4 Å². The maximum Gasteiger partial charge on any atom is 0.247 e. The van der Waals surface area contributed by atoms with Crippen LogP contribution in [0.2, 0.25) is 0 Å². The van der Waals surface area contributed by atoms with E-state index in [2.05, 4.69) is 5.32 Å². The summed E-state index contributed by atoms with van der Waals surface area (Å²) in [5.74, 6) is -0.857. The molecule has 1 unspecified atom stereocenters. The highest BCUT2D eigenvalue weighted by molar-refractivity contribution is 5.89. The van der Waals surface area contributed by atoms with Crippen LogP contribution in [0.25, 0.3) is 0 Å². The van der Waals surface area contributed by atoms with Crippen LogP contribution in [0, 0.1) is 5.82 Å². The van der Waals surface area contributed by atoms with Crippen molar-refractivity contribution < 1.29 is 14.0 Å². The first-order valence-electron chi connectivity index (χ1n) is 6.96. The molecule has 1 N–H and O–H groups in total. The molecule has 1 fully saturated rings. The molecule has 0 aliphatic carbocycles. The Labute approximate surface area is 118 Å². The Balaban J connectivity index is 2.27. The molecule has 2 rings (SSSR count). The second-order valence-electron chi connectivity index (χ2n) is 4.91. The Morgan fingerprint density at radius 1 is 1.45 bits per heavy atom. The van der Waals surface area contributed by atoms with Crippen LogP contribution in [-0.2, 0) is 9.59 Å². The largest absolute Gasteiger partial charge is 0.352 e. The van der Waals surface area contributed by atoms with Crippen molar-refractivity contribution in [3.63, 3.8) is 0 Å². The molecule has 1 aromatic rings. The Bertz CT molecular complexity index is 504. The minimum atomic E-state index is -0.852. The predicted molar refractivity (Wildman–Crippen MR) is 73.4 cm³/mol. The van der Waals surface area contributed by atoms with Crippen LogP contribution < -0.4 is 5.32 Å². The fourth-order valence-electron chi connectivity index (χ4n) is 2.41. The number of nitrogens with one attached hydrogen (secondary N) is 1. The highest BCUT2D eigenvalue weighted by atomic mass is 19.1. The molecule has 4 nitrogen and oxygen atoms in total. The molecule has 1 aliphatic rings. The molecule has 1 aliphatic heterocycles. The molecule has 108 valence electrons. The molecule has 0 bridgehead atoms. The Hall–Kier alpha value is -1.91. The molecule has 0 aromatic heterocycles. The molecule has 1 saturated heterocycles. The summed E-state index contributed by atoms with van der Waals surface area (Å²) in [7, 11) is 0. The molecule has 0 saturated carbocycles. The van der Waals surface area contributed by atoms with Crippen LogP contribution in [0.4, 0.5) is 4.39 Å². The summed E-state index contributed by atoms with van der Waals surface area (Å²) in [6.45, 7) is 2.85. The topological polar surface area (TPSA) is 49.4 Å². The van der Waals surface area contributed by atoms with Crippen molar-refractivity contribution in [1.82, 2.24) is 10.2 Å². The van der Waals surface area contributed by atoms with Gasteiger partial charge in [0.05, 0.1) is 0 Å². The fourth-order valence-corrected chi connectivity index (χ4v) is 2.41. The fraction of sp³-hybridized carbons (Fsp3) is 0.467. The molecule has 1 heterocycles. The van der Waals surface area contributed by atoms with Gasteiger partial charge < -0.3 is 10.2 Å². The molecule has 5 heteroatoms. The van der Waals surface area contributed by atoms with Crippen molar-refractivity contribution in [1.29, 1.82) is 0 Å². The highest BCUT2D eigenvalue weighted by Gasteiger charge is 2.35. The maximum absolute atomic E-state index is 13.9. The van der Waals surface area contributed by atoms with Crippen LogP contribution >= 0.6 is 0 Å². The van der Waals surface area contributed by atoms with Gasteiger partial charge in [-0.25, -0.2) is 4.39 Å². The van der Waals surface area contributed by atoms with Gasteiger partial charge in [0.1, 0.15) is 11.9 Å². The van der Waals surface area contributed by atoms with Gasteiger partial charge in [0.25, 0.3) is 0 Å². The zero-order valence-corrected chi connectivity index (χ0v) is 11.6. The summed E-state index contributed by atoms with van der Waals surface area (Å²) < 4.78 is 13.9. The van der Waals surface area contributed by atoms with E-state index in [1.54, 1.807) is 18.2 Å². The summed E-state index contributed by atoms with van der Waals surface area (Å²) in [6.07, 6.45) is 2.09. The number of hydrogen-bond donors (Lipinski definition) is 1. The second kappa shape index (κ2) is 6.50. The number of hydrogen-bond acceptors (Lipinski definition) is 2. The van der Waals surface area contributed by atoms with Crippen LogP contribution in [0.3, 0.4) is 0 Å². The lowest BCUT2D eigenvalue weighted by molar-refractivity contribution is -0.143. The monoisotopic (exact) mass is 278 g/mol. The molecule has 2 amide bonds. The summed E-state index contributed by atoms with van der Waals surface area (Å²) in [4.78, 5) is 25.8. The van der Waals surface area contributed by atoms with Crippen molar-refractivity contribution in [2.75, 3.05) is 13.1 Å². The van der Waals surface area contributed by atoms with Crippen molar-refractivity contribution in [2.45, 2.75) is 32.2 Å². The van der Waals surface area contributed by atoms with E-state index < -0.39 is 11.9 Å². The Kier molecular flexibility index (Phi) is 4.71. The molecule has 1 atom stereocenters. The Morgan fingerprint density at radius 2 is 2.20 bits per heavy atom. The first-order valence-corrected chi connectivity index (χ1v) is 6.96. The lowest BCUT2D eigenvalue weighted by atomic mass is 10.0. The van der Waals surface area contributed by atoms with E-state index in [1.807, 2.05) is 6.92 Å². The average Bonchev–Trinajstić information content (AvgIpc) is 2.45. The second-order valence-corrected chi connectivity index (χ2v) is 4.91. The smallest absolute Gasteiger partial charge is 0.247 e. The highest BCUT2D eigenvalue weighted by Crippen LogP contribution is 2.26. The van der Waals surface area contributed by atoms with Crippen LogP contribution in [-0.4, -0.2) is 29.8 Å². The first kappa shape index (κ1) is 14.5. The quantitative estimate of drug-likeness (QED) is 0.916. The third-order valence-electron chi connectivity index (χ3n) is 3.48. The lowest BCUT2D eigenvalue weighted by Gasteiger charge is -2.35. The van der Waals surface area contributed by atoms with E-state index in [0.29, 0.717) is 19.5 Å². The van der Waals surface area contributed by atoms with Gasteiger partial charge in [-0.2, -0.15) is 0 Å². The van der Waals surface area contributed by atoms with E-state index in [4.69, 9.17) is 0 Å². The predicted octanol–water partition coefficient (Wildman–Crippen LogP) is 2.02. The normalized spacial score (nSPS) is 18.8. The number of carbonyl (C=O) groups is 2. The van der Waals surface area contributed by atoms with Gasteiger partial charge in [-0.3, -0.25) is 9.59 Å². The molecule has 0 radical (unpaired) electrons. The number of halogens is 1. The zero-order valence-electron chi connectivity index (χ0n) is 11.6. The summed E-state index contributed by atoms with van der Waals surface area (Å²) in [5, 5.41) is 2.70. The molecule has 0 spiro atoms. The first-order chi connectivity index (χ1) is 9.65. The SMILES string of the molecule is CCCCC(=O)N1CCNC(=O)C1c1ccccc1F. The molecular formula is C15H19FN2O2. The van der Waals surface area contributed by atoms with Gasteiger partial charge in [0, 0.05) is 25.1 Å². The minimum absolute atomic E-state index is 0.0880. The third kappa shape index (κ3) is 2.98. The van der Waals surface area contributed by atoms with Crippen LogP contribution in [0.1, 0.15) is 37.8 Å². The maximum atomic E-state index is 13.9. The number of carbonyl (C=O) groups excluding carboxylic acids is 2. The number of benzene rings is 1. The van der Waals surface area contributed by atoms with Crippen molar-refractivity contribution in [2.24, 2.45) is 0 Å². The number of amides is 2. The van der Waals surface area contributed by atoms with E-state index in [0.717, 1.165) is 12.8 Å². The van der Waals surface area contributed by atoms with Gasteiger partial charge in [-0.15, -0.1) is 0 Å². The zero-order chi connectivity index (χ0) is 14.5. The molecular weight excluding hydrogens is 259 g/mol. The van der Waals surface area contributed by atoms with Crippen LogP contribution in [0.5, 0.6) is 0 Å². The summed E-state index contributed by atoms with van der Waals surface area (Å²) in [5.41, 5.74) is 0.259. The van der Waals surface area contributed by atoms with Crippen molar-refractivity contribution in [3.8, 4) is 0 Å². The van der Waals surface area contributed by atoms with E-state index in [9.17, 15) is 14.0 Å². The summed E-state index contributed by atoms with van der Waals surface area (Å²) in [6, 6.07) is 5.27. The van der Waals surface area contributed by atoms with Crippen LogP contribution in [0.15, 0.2) is 24.3 Å². The van der Waals surface area contributed by atoms with Gasteiger partial charge in [0.15, 0.2) is 0 Å². The van der Waals surface area contributed by atoms with Gasteiger partial charge in [-0.05, 0) is 12.5 Å². The van der Waals surface area contributed by atoms with Crippen molar-refractivity contribution in [3.05, 3.63) is 35.6 Å². The average molecular weight is 278 g/mol. The molecule has 1 aromatic carbocycles. The van der Waals surface area contributed by atoms with Gasteiger partial charge >= 0.3 is 0 Å². The number of piperazine rings is 1. The van der Waals surface area contributed by atoms with Gasteiger partial charge in [0.2, 0.25) is 11.8 Å². The number of unbranched alkanes of at least 4 members (excludes halogenated alkanes) is 1. The minimum Gasteiger partial charge on any atom is -0.352 e.